The van der Waals surface area contributed by atoms with Gasteiger partial charge >= 0.3 is 24.1 Å². The van der Waals surface area contributed by atoms with Crippen molar-refractivity contribution in [3.8, 4) is 11.1 Å². The van der Waals surface area contributed by atoms with Crippen molar-refractivity contribution in [1.82, 2.24) is 10.6 Å². The van der Waals surface area contributed by atoms with Crippen LogP contribution in [0.25, 0.3) is 11.1 Å². The fourth-order valence-corrected chi connectivity index (χ4v) is 5.62. The fourth-order valence-electron chi connectivity index (χ4n) is 5.62. The Balaban J connectivity index is 1.28. The molecular formula is C41H42N2O8. The van der Waals surface area contributed by atoms with Crippen molar-refractivity contribution in [1.29, 1.82) is 0 Å². The molecule has 0 bridgehead atoms. The Morgan fingerprint density at radius 1 is 0.647 bits per heavy atom. The van der Waals surface area contributed by atoms with Crippen molar-refractivity contribution in [3.05, 3.63) is 144 Å². The summed E-state index contributed by atoms with van der Waals surface area (Å²) >= 11 is 0. The van der Waals surface area contributed by atoms with Gasteiger partial charge in [-0.1, -0.05) is 121 Å². The first kappa shape index (κ1) is 36.4. The lowest BCUT2D eigenvalue weighted by atomic mass is 9.98. The van der Waals surface area contributed by atoms with E-state index in [4.69, 9.17) is 18.9 Å². The van der Waals surface area contributed by atoms with Crippen molar-refractivity contribution in [2.24, 2.45) is 0 Å². The van der Waals surface area contributed by atoms with Crippen molar-refractivity contribution >= 4 is 24.1 Å². The number of carbonyl (C=O) groups is 4. The highest BCUT2D eigenvalue weighted by atomic mass is 16.6. The van der Waals surface area contributed by atoms with E-state index in [1.165, 1.54) is 12.2 Å². The van der Waals surface area contributed by atoms with Crippen molar-refractivity contribution in [3.63, 3.8) is 0 Å². The van der Waals surface area contributed by atoms with Gasteiger partial charge in [-0.25, -0.2) is 19.2 Å². The SMILES string of the molecule is CC(C)(C)OC(=O)N[C@H](C/C=C/[C@H](NC(=O)OCC1c2ccccc2-c2ccccc21)C(=O)OCc1ccccc1)C(=O)OCc1ccccc1. The molecule has 51 heavy (non-hydrogen) atoms. The summed E-state index contributed by atoms with van der Waals surface area (Å²) in [6.07, 6.45) is 1.16. The van der Waals surface area contributed by atoms with Crippen molar-refractivity contribution < 1.29 is 38.1 Å². The maximum atomic E-state index is 13.3. The molecule has 10 nitrogen and oxygen atoms in total. The number of fused-ring (bicyclic) bond motifs is 3. The maximum absolute atomic E-state index is 13.3. The topological polar surface area (TPSA) is 129 Å². The molecule has 0 unspecified atom stereocenters. The zero-order chi connectivity index (χ0) is 36.2. The van der Waals surface area contributed by atoms with E-state index in [2.05, 4.69) is 10.6 Å². The first-order valence-electron chi connectivity index (χ1n) is 16.8. The molecule has 2 N–H and O–H groups in total. The minimum absolute atomic E-state index is 0.00629. The lowest BCUT2D eigenvalue weighted by molar-refractivity contribution is -0.147. The van der Waals surface area contributed by atoms with Crippen LogP contribution < -0.4 is 10.6 Å². The minimum atomic E-state index is -1.27. The normalized spacial score (nSPS) is 13.3. The van der Waals surface area contributed by atoms with E-state index >= 15 is 0 Å². The predicted molar refractivity (Wildman–Crippen MR) is 191 cm³/mol. The number of hydrogen-bond donors (Lipinski definition) is 2. The predicted octanol–water partition coefficient (Wildman–Crippen LogP) is 7.22. The molecule has 4 aromatic rings. The maximum Gasteiger partial charge on any atom is 0.408 e. The third kappa shape index (κ3) is 10.5. The van der Waals surface area contributed by atoms with Gasteiger partial charge in [0.15, 0.2) is 0 Å². The second-order valence-corrected chi connectivity index (χ2v) is 13.0. The molecule has 1 aliphatic rings. The summed E-state index contributed by atoms with van der Waals surface area (Å²) in [5.41, 5.74) is 5.00. The number of amides is 2. The highest BCUT2D eigenvalue weighted by Gasteiger charge is 2.30. The molecule has 0 radical (unpaired) electrons. The van der Waals surface area contributed by atoms with Crippen molar-refractivity contribution in [2.75, 3.05) is 6.61 Å². The Bertz CT molecular complexity index is 1790. The smallest absolute Gasteiger partial charge is 0.408 e. The second kappa shape index (κ2) is 17.2. The zero-order valence-electron chi connectivity index (χ0n) is 28.9. The average Bonchev–Trinajstić information content (AvgIpc) is 3.44. The highest BCUT2D eigenvalue weighted by Crippen LogP contribution is 2.44. The zero-order valence-corrected chi connectivity index (χ0v) is 28.9. The lowest BCUT2D eigenvalue weighted by Crippen LogP contribution is -2.44. The molecule has 0 spiro atoms. The average molecular weight is 691 g/mol. The molecule has 1 aliphatic carbocycles. The molecule has 0 saturated heterocycles. The molecule has 0 aromatic heterocycles. The molecule has 264 valence electrons. The number of hydrogen-bond acceptors (Lipinski definition) is 8. The van der Waals surface area contributed by atoms with E-state index in [1.807, 2.05) is 109 Å². The molecule has 5 rings (SSSR count). The van der Waals surface area contributed by atoms with Gasteiger partial charge in [-0.3, -0.25) is 0 Å². The van der Waals surface area contributed by atoms with E-state index in [9.17, 15) is 19.2 Å². The Morgan fingerprint density at radius 2 is 1.16 bits per heavy atom. The lowest BCUT2D eigenvalue weighted by Gasteiger charge is -2.22. The summed E-state index contributed by atoms with van der Waals surface area (Å²) in [5.74, 6) is -1.63. The van der Waals surface area contributed by atoms with Gasteiger partial charge in [0.05, 0.1) is 0 Å². The molecule has 0 saturated carbocycles. The van der Waals surface area contributed by atoms with Crippen LogP contribution in [0.3, 0.4) is 0 Å². The van der Waals surface area contributed by atoms with E-state index in [0.717, 1.165) is 33.4 Å². The summed E-state index contributed by atoms with van der Waals surface area (Å²) < 4.78 is 22.1. The third-order valence-electron chi connectivity index (χ3n) is 7.99. The summed E-state index contributed by atoms with van der Waals surface area (Å²) in [7, 11) is 0. The van der Waals surface area contributed by atoms with Crippen LogP contribution in [0.5, 0.6) is 0 Å². The summed E-state index contributed by atoms with van der Waals surface area (Å²) in [6.45, 7) is 5.13. The molecule has 2 amide bonds. The summed E-state index contributed by atoms with van der Waals surface area (Å²) in [5, 5.41) is 5.15. The Labute approximate surface area is 297 Å². The standard InChI is InChI=1S/C41H42N2O8/c1-41(2,3)51-40(47)43-36(38(45)49-26-29-17-8-5-9-18-29)24-14-23-35(37(44)48-25-28-15-6-4-7-16-28)42-39(46)50-27-34-32-21-12-10-19-30(32)31-20-11-13-22-33(31)34/h4-23,34-36H,24-27H2,1-3H3,(H,42,46)(H,43,47)/b23-14+/t35-,36+/m0/s1. The van der Waals surface area contributed by atoms with Gasteiger partial charge in [-0.05, 0) is 60.6 Å². The number of ether oxygens (including phenoxy) is 4. The summed E-state index contributed by atoms with van der Waals surface area (Å²) in [4.78, 5) is 52.3. The first-order valence-corrected chi connectivity index (χ1v) is 16.8. The first-order chi connectivity index (χ1) is 24.6. The molecule has 0 heterocycles. The Kier molecular flexibility index (Phi) is 12.2. The van der Waals surface area contributed by atoms with Gasteiger partial charge in [0.2, 0.25) is 0 Å². The van der Waals surface area contributed by atoms with Crippen LogP contribution >= 0.6 is 0 Å². The number of nitrogens with one attached hydrogen (secondary N) is 2. The number of rotatable bonds is 13. The van der Waals surface area contributed by atoms with E-state index in [0.29, 0.717) is 0 Å². The molecule has 4 aromatic carbocycles. The van der Waals surface area contributed by atoms with Gasteiger partial charge in [0, 0.05) is 5.92 Å². The van der Waals surface area contributed by atoms with Gasteiger partial charge in [-0.15, -0.1) is 0 Å². The van der Waals surface area contributed by atoms with Crippen LogP contribution in [0.4, 0.5) is 9.59 Å². The van der Waals surface area contributed by atoms with Gasteiger partial charge < -0.3 is 29.6 Å². The molecule has 10 heteroatoms. The third-order valence-corrected chi connectivity index (χ3v) is 7.99. The van der Waals surface area contributed by atoms with Crippen LogP contribution in [-0.2, 0) is 41.8 Å². The summed E-state index contributed by atoms with van der Waals surface area (Å²) in [6, 6.07) is 31.8. The van der Waals surface area contributed by atoms with Crippen LogP contribution in [0.15, 0.2) is 121 Å². The molecule has 0 aliphatic heterocycles. The Hall–Kier alpha value is -5.90. The molecule has 0 fully saturated rings. The van der Waals surface area contributed by atoms with Gasteiger partial charge in [-0.2, -0.15) is 0 Å². The van der Waals surface area contributed by atoms with Crippen LogP contribution in [-0.4, -0.2) is 48.4 Å². The van der Waals surface area contributed by atoms with E-state index < -0.39 is 41.8 Å². The van der Waals surface area contributed by atoms with E-state index in [1.54, 1.807) is 20.8 Å². The quantitative estimate of drug-likeness (QED) is 0.0855. The fraction of sp³-hybridized carbons (Fsp3) is 0.268. The second-order valence-electron chi connectivity index (χ2n) is 13.0. The number of carbonyl (C=O) groups excluding carboxylic acids is 4. The monoisotopic (exact) mass is 690 g/mol. The van der Waals surface area contributed by atoms with Gasteiger partial charge in [0.1, 0.15) is 37.5 Å². The van der Waals surface area contributed by atoms with Crippen LogP contribution in [0.1, 0.15) is 55.4 Å². The van der Waals surface area contributed by atoms with Crippen molar-refractivity contribution in [2.45, 2.75) is 64.0 Å². The highest BCUT2D eigenvalue weighted by molar-refractivity contribution is 5.84. The molecule has 2 atom stereocenters. The largest absolute Gasteiger partial charge is 0.459 e. The van der Waals surface area contributed by atoms with E-state index in [-0.39, 0.29) is 32.2 Å². The number of alkyl carbamates (subject to hydrolysis) is 2. The van der Waals surface area contributed by atoms with Gasteiger partial charge in [0.25, 0.3) is 0 Å². The number of esters is 2. The number of benzene rings is 4. The minimum Gasteiger partial charge on any atom is -0.459 e. The van der Waals surface area contributed by atoms with Crippen LogP contribution in [0.2, 0.25) is 0 Å². The Morgan fingerprint density at radius 3 is 1.71 bits per heavy atom. The van der Waals surface area contributed by atoms with Crippen LogP contribution in [0, 0.1) is 0 Å². The molecular weight excluding hydrogens is 648 g/mol.